The average molecular weight is 260 g/mol. The zero-order valence-electron chi connectivity index (χ0n) is 10.7. The molecular formula is C13H16N4O2. The number of aliphatic hydroxyl groups excluding tert-OH is 1. The fourth-order valence-corrected chi connectivity index (χ4v) is 1.64. The molecule has 19 heavy (non-hydrogen) atoms. The van der Waals surface area contributed by atoms with E-state index in [4.69, 9.17) is 5.11 Å². The minimum Gasteiger partial charge on any atom is -0.392 e. The van der Waals surface area contributed by atoms with E-state index >= 15 is 0 Å². The second-order valence-corrected chi connectivity index (χ2v) is 4.24. The Balaban J connectivity index is 1.89. The number of aliphatic hydroxyl groups is 1. The van der Waals surface area contributed by atoms with Gasteiger partial charge in [0, 0.05) is 6.54 Å². The first-order valence-electron chi connectivity index (χ1n) is 6.01. The summed E-state index contributed by atoms with van der Waals surface area (Å²) in [6, 6.07) is 7.04. The minimum absolute atomic E-state index is 0.0238. The summed E-state index contributed by atoms with van der Waals surface area (Å²) in [5.41, 5.74) is 1.84. The number of nitrogens with zero attached hydrogens (tertiary/aromatic N) is 3. The summed E-state index contributed by atoms with van der Waals surface area (Å²) < 4.78 is 1.50. The van der Waals surface area contributed by atoms with Crippen molar-refractivity contribution in [1.29, 1.82) is 0 Å². The summed E-state index contributed by atoms with van der Waals surface area (Å²) in [7, 11) is 0. The molecule has 1 aromatic carbocycles. The third kappa shape index (κ3) is 3.38. The fourth-order valence-electron chi connectivity index (χ4n) is 1.64. The highest BCUT2D eigenvalue weighted by molar-refractivity contribution is 5.79. The van der Waals surface area contributed by atoms with Gasteiger partial charge in [-0.05, 0) is 18.1 Å². The smallest absolute Gasteiger partial charge is 0.244 e. The maximum atomic E-state index is 11.9. The Hall–Kier alpha value is -2.21. The van der Waals surface area contributed by atoms with Crippen LogP contribution in [0.1, 0.15) is 24.1 Å². The van der Waals surface area contributed by atoms with Crippen LogP contribution in [0.5, 0.6) is 0 Å². The van der Waals surface area contributed by atoms with E-state index in [0.29, 0.717) is 6.54 Å². The Morgan fingerprint density at radius 3 is 2.63 bits per heavy atom. The number of nitrogens with one attached hydrogen (secondary N) is 1. The van der Waals surface area contributed by atoms with E-state index in [1.807, 2.05) is 24.3 Å². The molecule has 0 spiro atoms. The van der Waals surface area contributed by atoms with Crippen LogP contribution in [0, 0.1) is 0 Å². The second-order valence-electron chi connectivity index (χ2n) is 4.24. The van der Waals surface area contributed by atoms with E-state index in [1.165, 1.54) is 17.3 Å². The largest absolute Gasteiger partial charge is 0.392 e. The maximum absolute atomic E-state index is 11.9. The molecule has 0 aliphatic carbocycles. The van der Waals surface area contributed by atoms with Crippen molar-refractivity contribution in [3.63, 3.8) is 0 Å². The number of hydrogen-bond donors (Lipinski definition) is 2. The molecule has 0 radical (unpaired) electrons. The summed E-state index contributed by atoms with van der Waals surface area (Å²) in [6.07, 6.45) is 2.91. The van der Waals surface area contributed by atoms with Gasteiger partial charge in [0.25, 0.3) is 0 Å². The van der Waals surface area contributed by atoms with Crippen molar-refractivity contribution in [2.45, 2.75) is 26.1 Å². The van der Waals surface area contributed by atoms with E-state index in [2.05, 4.69) is 15.4 Å². The van der Waals surface area contributed by atoms with Crippen LogP contribution in [0.15, 0.2) is 36.9 Å². The summed E-state index contributed by atoms with van der Waals surface area (Å²) in [5, 5.41) is 15.7. The number of carbonyl (C=O) groups is 1. The van der Waals surface area contributed by atoms with Gasteiger partial charge in [-0.1, -0.05) is 24.3 Å². The number of aromatic nitrogens is 3. The fraction of sp³-hybridized carbons (Fsp3) is 0.308. The molecule has 6 nitrogen and oxygen atoms in total. The number of hydrogen-bond acceptors (Lipinski definition) is 4. The van der Waals surface area contributed by atoms with Crippen molar-refractivity contribution in [2.75, 3.05) is 0 Å². The molecule has 0 aliphatic heterocycles. The molecule has 6 heteroatoms. The van der Waals surface area contributed by atoms with Crippen LogP contribution in [0.25, 0.3) is 0 Å². The lowest BCUT2D eigenvalue weighted by Crippen LogP contribution is -2.30. The molecule has 100 valence electrons. The Kier molecular flexibility index (Phi) is 4.25. The van der Waals surface area contributed by atoms with E-state index in [1.54, 1.807) is 6.92 Å². The topological polar surface area (TPSA) is 80.0 Å². The monoisotopic (exact) mass is 260 g/mol. The first kappa shape index (κ1) is 13.2. The molecule has 0 saturated heterocycles. The summed E-state index contributed by atoms with van der Waals surface area (Å²) in [6.45, 7) is 2.23. The molecule has 0 saturated carbocycles. The normalized spacial score (nSPS) is 12.1. The Labute approximate surface area is 111 Å². The van der Waals surface area contributed by atoms with Crippen LogP contribution in [-0.4, -0.2) is 25.8 Å². The van der Waals surface area contributed by atoms with Gasteiger partial charge in [-0.3, -0.25) is 4.79 Å². The van der Waals surface area contributed by atoms with Gasteiger partial charge in [0.05, 0.1) is 6.61 Å². The maximum Gasteiger partial charge on any atom is 0.244 e. The Morgan fingerprint density at radius 2 is 2.05 bits per heavy atom. The molecule has 0 bridgehead atoms. The summed E-state index contributed by atoms with van der Waals surface area (Å²) in [5.74, 6) is -0.114. The van der Waals surface area contributed by atoms with Gasteiger partial charge >= 0.3 is 0 Å². The van der Waals surface area contributed by atoms with Crippen molar-refractivity contribution in [3.05, 3.63) is 48.0 Å². The van der Waals surface area contributed by atoms with E-state index in [0.717, 1.165) is 11.1 Å². The Morgan fingerprint density at radius 1 is 1.37 bits per heavy atom. The lowest BCUT2D eigenvalue weighted by molar-refractivity contribution is -0.124. The zero-order chi connectivity index (χ0) is 13.7. The van der Waals surface area contributed by atoms with Crippen molar-refractivity contribution in [3.8, 4) is 0 Å². The molecule has 1 amide bonds. The van der Waals surface area contributed by atoms with E-state index in [9.17, 15) is 4.79 Å². The van der Waals surface area contributed by atoms with Crippen LogP contribution in [0.2, 0.25) is 0 Å². The van der Waals surface area contributed by atoms with Crippen molar-refractivity contribution >= 4 is 5.91 Å². The molecule has 0 fully saturated rings. The molecular weight excluding hydrogens is 244 g/mol. The Bertz CT molecular complexity index is 522. The van der Waals surface area contributed by atoms with Crippen molar-refractivity contribution in [2.24, 2.45) is 0 Å². The highest BCUT2D eigenvalue weighted by atomic mass is 16.3. The van der Waals surface area contributed by atoms with Crippen LogP contribution in [-0.2, 0) is 17.9 Å². The highest BCUT2D eigenvalue weighted by Gasteiger charge is 2.14. The van der Waals surface area contributed by atoms with Gasteiger partial charge in [-0.15, -0.1) is 0 Å². The van der Waals surface area contributed by atoms with Crippen LogP contribution < -0.4 is 5.32 Å². The minimum atomic E-state index is -0.390. The third-order valence-electron chi connectivity index (χ3n) is 2.89. The van der Waals surface area contributed by atoms with Crippen molar-refractivity contribution in [1.82, 2.24) is 20.1 Å². The van der Waals surface area contributed by atoms with Gasteiger partial charge in [0.2, 0.25) is 5.91 Å². The zero-order valence-corrected chi connectivity index (χ0v) is 10.7. The summed E-state index contributed by atoms with van der Waals surface area (Å²) >= 11 is 0. The molecule has 2 aromatic rings. The number of benzene rings is 1. The first-order chi connectivity index (χ1) is 9.20. The average Bonchev–Trinajstić information content (AvgIpc) is 2.98. The predicted octanol–water partition coefficient (Wildman–Crippen LogP) is 0.648. The van der Waals surface area contributed by atoms with Gasteiger partial charge in [-0.2, -0.15) is 5.10 Å². The van der Waals surface area contributed by atoms with Gasteiger partial charge < -0.3 is 10.4 Å². The summed E-state index contributed by atoms with van der Waals surface area (Å²) in [4.78, 5) is 15.7. The molecule has 1 atom stereocenters. The number of rotatable bonds is 5. The number of amides is 1. The molecule has 0 aliphatic rings. The molecule has 2 N–H and O–H groups in total. The lowest BCUT2D eigenvalue weighted by atomic mass is 10.1. The predicted molar refractivity (Wildman–Crippen MR) is 68.9 cm³/mol. The first-order valence-corrected chi connectivity index (χ1v) is 6.01. The van der Waals surface area contributed by atoms with E-state index < -0.39 is 0 Å². The van der Waals surface area contributed by atoms with Crippen LogP contribution >= 0.6 is 0 Å². The van der Waals surface area contributed by atoms with Gasteiger partial charge in [-0.25, -0.2) is 9.67 Å². The highest BCUT2D eigenvalue weighted by Crippen LogP contribution is 2.06. The van der Waals surface area contributed by atoms with Crippen LogP contribution in [0.3, 0.4) is 0 Å². The van der Waals surface area contributed by atoms with E-state index in [-0.39, 0.29) is 18.6 Å². The van der Waals surface area contributed by atoms with Gasteiger partial charge in [0.15, 0.2) is 0 Å². The van der Waals surface area contributed by atoms with Crippen LogP contribution in [0.4, 0.5) is 0 Å². The SMILES string of the molecule is CC(C(=O)NCc1ccc(CO)cc1)n1cncn1. The number of carbonyl (C=O) groups excluding carboxylic acids is 1. The molecule has 1 unspecified atom stereocenters. The molecule has 2 rings (SSSR count). The molecule has 1 aromatic heterocycles. The second kappa shape index (κ2) is 6.10. The molecule has 1 heterocycles. The lowest BCUT2D eigenvalue weighted by Gasteiger charge is -2.12. The standard InChI is InChI=1S/C13H16N4O2/c1-10(17-9-14-8-16-17)13(19)15-6-11-2-4-12(7-18)5-3-11/h2-5,8-10,18H,6-7H2,1H3,(H,15,19). The van der Waals surface area contributed by atoms with Gasteiger partial charge in [0.1, 0.15) is 18.7 Å². The quantitative estimate of drug-likeness (QED) is 0.827. The third-order valence-corrected chi connectivity index (χ3v) is 2.89. The van der Waals surface area contributed by atoms with Crippen molar-refractivity contribution < 1.29 is 9.90 Å².